The minimum Gasteiger partial charge on any atom is -0.369 e. The van der Waals surface area contributed by atoms with Crippen molar-refractivity contribution in [3.05, 3.63) is 29.8 Å². The van der Waals surface area contributed by atoms with E-state index in [0.717, 1.165) is 0 Å². The molecule has 1 fully saturated rings. The van der Waals surface area contributed by atoms with Crippen molar-refractivity contribution in [3.8, 4) is 0 Å². The van der Waals surface area contributed by atoms with E-state index in [9.17, 15) is 14.4 Å². The topological polar surface area (TPSA) is 119 Å². The standard InChI is InChI=1S/C15H20N4O3/c16-13(20)9-19-7-5-11(6-8-19)15(22)18-12-3-1-10(2-4-12)14(17)21/h1-4,11H,5-9H2,(H2,16,20)(H2,17,21)(H,18,22). The van der Waals surface area contributed by atoms with Gasteiger partial charge in [-0.1, -0.05) is 0 Å². The lowest BCUT2D eigenvalue weighted by Gasteiger charge is -2.30. The summed E-state index contributed by atoms with van der Waals surface area (Å²) in [6.07, 6.45) is 1.39. The van der Waals surface area contributed by atoms with Gasteiger partial charge in [0.25, 0.3) is 0 Å². The Labute approximate surface area is 128 Å². The largest absolute Gasteiger partial charge is 0.369 e. The normalized spacial score (nSPS) is 16.2. The summed E-state index contributed by atoms with van der Waals surface area (Å²) in [4.78, 5) is 36.0. The quantitative estimate of drug-likeness (QED) is 0.705. The molecule has 0 saturated carbocycles. The van der Waals surface area contributed by atoms with Gasteiger partial charge in [0, 0.05) is 17.2 Å². The summed E-state index contributed by atoms with van der Waals surface area (Å²) >= 11 is 0. The van der Waals surface area contributed by atoms with Gasteiger partial charge in [-0.3, -0.25) is 19.3 Å². The molecule has 0 aromatic heterocycles. The molecule has 0 aliphatic carbocycles. The van der Waals surface area contributed by atoms with Gasteiger partial charge in [0.05, 0.1) is 6.54 Å². The van der Waals surface area contributed by atoms with Crippen LogP contribution in [0.25, 0.3) is 0 Å². The van der Waals surface area contributed by atoms with Crippen LogP contribution in [0, 0.1) is 5.92 Å². The number of hydrogen-bond acceptors (Lipinski definition) is 4. The molecule has 5 N–H and O–H groups in total. The molecule has 0 atom stereocenters. The number of rotatable bonds is 5. The van der Waals surface area contributed by atoms with Crippen molar-refractivity contribution in [3.63, 3.8) is 0 Å². The van der Waals surface area contributed by atoms with Gasteiger partial charge in [0.2, 0.25) is 17.7 Å². The van der Waals surface area contributed by atoms with E-state index in [-0.39, 0.29) is 24.3 Å². The maximum absolute atomic E-state index is 12.2. The average molecular weight is 304 g/mol. The molecular formula is C15H20N4O3. The number of carbonyl (C=O) groups excluding carboxylic acids is 3. The van der Waals surface area contributed by atoms with E-state index in [4.69, 9.17) is 11.5 Å². The number of carbonyl (C=O) groups is 3. The third-order valence-corrected chi connectivity index (χ3v) is 3.77. The second-order valence-corrected chi connectivity index (χ2v) is 5.45. The van der Waals surface area contributed by atoms with Crippen molar-refractivity contribution in [1.82, 2.24) is 4.90 Å². The van der Waals surface area contributed by atoms with E-state index in [0.29, 0.717) is 37.2 Å². The highest BCUT2D eigenvalue weighted by Crippen LogP contribution is 2.19. The Bertz CT molecular complexity index is 563. The smallest absolute Gasteiger partial charge is 0.248 e. The van der Waals surface area contributed by atoms with Crippen LogP contribution in [0.2, 0.25) is 0 Å². The molecule has 0 bridgehead atoms. The number of primary amides is 2. The number of piperidine rings is 1. The summed E-state index contributed by atoms with van der Waals surface area (Å²) in [5, 5.41) is 2.83. The van der Waals surface area contributed by atoms with Gasteiger partial charge in [-0.15, -0.1) is 0 Å². The van der Waals surface area contributed by atoms with Crippen LogP contribution in [0.5, 0.6) is 0 Å². The van der Waals surface area contributed by atoms with Crippen molar-refractivity contribution in [1.29, 1.82) is 0 Å². The molecule has 0 radical (unpaired) electrons. The minimum atomic E-state index is -0.500. The molecule has 1 heterocycles. The lowest BCUT2D eigenvalue weighted by molar-refractivity contribution is -0.122. The van der Waals surface area contributed by atoms with Crippen molar-refractivity contribution >= 4 is 23.4 Å². The first-order valence-electron chi connectivity index (χ1n) is 7.17. The minimum absolute atomic E-state index is 0.0504. The van der Waals surface area contributed by atoms with Crippen LogP contribution in [0.3, 0.4) is 0 Å². The van der Waals surface area contributed by atoms with Crippen LogP contribution in [-0.2, 0) is 9.59 Å². The number of nitrogens with one attached hydrogen (secondary N) is 1. The number of amides is 3. The summed E-state index contributed by atoms with van der Waals surface area (Å²) in [6.45, 7) is 1.60. The average Bonchev–Trinajstić information content (AvgIpc) is 2.48. The van der Waals surface area contributed by atoms with E-state index < -0.39 is 5.91 Å². The van der Waals surface area contributed by atoms with Gasteiger partial charge in [-0.25, -0.2) is 0 Å². The number of nitrogens with zero attached hydrogens (tertiary/aromatic N) is 1. The zero-order valence-corrected chi connectivity index (χ0v) is 12.2. The van der Waals surface area contributed by atoms with Crippen LogP contribution >= 0.6 is 0 Å². The maximum Gasteiger partial charge on any atom is 0.248 e. The summed E-state index contributed by atoms with van der Waals surface area (Å²) in [6, 6.07) is 6.46. The molecule has 0 unspecified atom stereocenters. The third-order valence-electron chi connectivity index (χ3n) is 3.77. The Kier molecular flexibility index (Phi) is 5.11. The number of hydrogen-bond donors (Lipinski definition) is 3. The molecule has 2 rings (SSSR count). The lowest BCUT2D eigenvalue weighted by Crippen LogP contribution is -2.42. The van der Waals surface area contributed by atoms with Crippen LogP contribution in [0.4, 0.5) is 5.69 Å². The fourth-order valence-corrected chi connectivity index (χ4v) is 2.54. The molecule has 1 aliphatic rings. The Morgan fingerprint density at radius 1 is 1.09 bits per heavy atom. The first kappa shape index (κ1) is 16.0. The first-order valence-corrected chi connectivity index (χ1v) is 7.17. The number of benzene rings is 1. The number of nitrogens with two attached hydrogens (primary N) is 2. The van der Waals surface area contributed by atoms with Crippen LogP contribution in [0.1, 0.15) is 23.2 Å². The fourth-order valence-electron chi connectivity index (χ4n) is 2.54. The molecule has 3 amide bonds. The Balaban J connectivity index is 1.85. The Hall–Kier alpha value is -2.41. The molecule has 7 nitrogen and oxygen atoms in total. The molecular weight excluding hydrogens is 284 g/mol. The van der Waals surface area contributed by atoms with Gasteiger partial charge in [0.1, 0.15) is 0 Å². The predicted octanol–water partition coefficient (Wildman–Crippen LogP) is -0.0787. The third kappa shape index (κ3) is 4.29. The number of anilines is 1. The van der Waals surface area contributed by atoms with Gasteiger partial charge < -0.3 is 16.8 Å². The lowest BCUT2D eigenvalue weighted by atomic mass is 9.95. The number of likely N-dealkylation sites (tertiary alicyclic amines) is 1. The van der Waals surface area contributed by atoms with Gasteiger partial charge >= 0.3 is 0 Å². The van der Waals surface area contributed by atoms with E-state index in [1.54, 1.807) is 24.3 Å². The van der Waals surface area contributed by atoms with Gasteiger partial charge in [0.15, 0.2) is 0 Å². The molecule has 118 valence electrons. The molecule has 22 heavy (non-hydrogen) atoms. The van der Waals surface area contributed by atoms with Crippen LogP contribution < -0.4 is 16.8 Å². The van der Waals surface area contributed by atoms with E-state index >= 15 is 0 Å². The highest BCUT2D eigenvalue weighted by Gasteiger charge is 2.25. The maximum atomic E-state index is 12.2. The molecule has 1 saturated heterocycles. The molecule has 0 spiro atoms. The summed E-state index contributed by atoms with van der Waals surface area (Å²) in [7, 11) is 0. The second-order valence-electron chi connectivity index (χ2n) is 5.45. The van der Waals surface area contributed by atoms with Crippen molar-refractivity contribution in [2.45, 2.75) is 12.8 Å². The van der Waals surface area contributed by atoms with E-state index in [1.807, 2.05) is 4.90 Å². The molecule has 7 heteroatoms. The van der Waals surface area contributed by atoms with Gasteiger partial charge in [-0.2, -0.15) is 0 Å². The van der Waals surface area contributed by atoms with Crippen molar-refractivity contribution in [2.75, 3.05) is 25.0 Å². The summed E-state index contributed by atoms with van der Waals surface area (Å²) in [5.41, 5.74) is 11.4. The molecule has 1 aliphatic heterocycles. The summed E-state index contributed by atoms with van der Waals surface area (Å²) in [5.74, 6) is -0.984. The zero-order valence-electron chi connectivity index (χ0n) is 12.2. The Morgan fingerprint density at radius 2 is 1.68 bits per heavy atom. The second kappa shape index (κ2) is 7.04. The summed E-state index contributed by atoms with van der Waals surface area (Å²) < 4.78 is 0. The van der Waals surface area contributed by atoms with Crippen LogP contribution in [0.15, 0.2) is 24.3 Å². The van der Waals surface area contributed by atoms with Crippen LogP contribution in [-0.4, -0.2) is 42.3 Å². The van der Waals surface area contributed by atoms with Gasteiger partial charge in [-0.05, 0) is 50.2 Å². The zero-order chi connectivity index (χ0) is 16.1. The highest BCUT2D eigenvalue weighted by atomic mass is 16.2. The Morgan fingerprint density at radius 3 is 2.18 bits per heavy atom. The van der Waals surface area contributed by atoms with E-state index in [1.165, 1.54) is 0 Å². The van der Waals surface area contributed by atoms with Crippen molar-refractivity contribution in [2.24, 2.45) is 17.4 Å². The monoisotopic (exact) mass is 304 g/mol. The van der Waals surface area contributed by atoms with Crippen molar-refractivity contribution < 1.29 is 14.4 Å². The highest BCUT2D eigenvalue weighted by molar-refractivity contribution is 5.95. The molecule has 1 aromatic rings. The fraction of sp³-hybridized carbons (Fsp3) is 0.400. The predicted molar refractivity (Wildman–Crippen MR) is 81.9 cm³/mol. The molecule has 1 aromatic carbocycles. The van der Waals surface area contributed by atoms with E-state index in [2.05, 4.69) is 5.32 Å². The SMILES string of the molecule is NC(=O)CN1CCC(C(=O)Nc2ccc(C(N)=O)cc2)CC1. The first-order chi connectivity index (χ1) is 10.5.